The highest BCUT2D eigenvalue weighted by atomic mass is 16.2. The predicted molar refractivity (Wildman–Crippen MR) is 79.1 cm³/mol. The van der Waals surface area contributed by atoms with E-state index in [1.165, 1.54) is 62.2 Å². The van der Waals surface area contributed by atoms with Crippen molar-refractivity contribution >= 4 is 5.91 Å². The normalized spacial score (nSPS) is 10.1. The van der Waals surface area contributed by atoms with E-state index in [1.54, 1.807) is 0 Å². The zero-order valence-electron chi connectivity index (χ0n) is 12.0. The number of hydrogen-bond acceptors (Lipinski definition) is 1. The van der Waals surface area contributed by atoms with Gasteiger partial charge >= 0.3 is 0 Å². The van der Waals surface area contributed by atoms with Crippen molar-refractivity contribution in [2.24, 2.45) is 0 Å². The highest BCUT2D eigenvalue weighted by Crippen LogP contribution is 2.11. The topological polar surface area (TPSA) is 20.3 Å². The van der Waals surface area contributed by atoms with Crippen molar-refractivity contribution < 1.29 is 4.79 Å². The van der Waals surface area contributed by atoms with Crippen molar-refractivity contribution in [2.45, 2.75) is 71.1 Å². The maximum Gasteiger partial charge on any atom is 0.230 e. The molecule has 18 heavy (non-hydrogen) atoms. The van der Waals surface area contributed by atoms with Gasteiger partial charge in [0.25, 0.3) is 0 Å². The number of nitrogens with zero attached hydrogens (tertiary/aromatic N) is 1. The molecule has 0 saturated carbocycles. The third kappa shape index (κ3) is 9.03. The van der Waals surface area contributed by atoms with Gasteiger partial charge in [0.15, 0.2) is 0 Å². The lowest BCUT2D eigenvalue weighted by molar-refractivity contribution is -0.126. The van der Waals surface area contributed by atoms with Crippen LogP contribution in [-0.4, -0.2) is 10.8 Å². The molecule has 0 aromatic carbocycles. The van der Waals surface area contributed by atoms with Crippen molar-refractivity contribution in [2.75, 3.05) is 0 Å². The summed E-state index contributed by atoms with van der Waals surface area (Å²) < 4.78 is 0. The molecule has 0 bridgehead atoms. The van der Waals surface area contributed by atoms with E-state index in [0.717, 1.165) is 12.8 Å². The van der Waals surface area contributed by atoms with Crippen molar-refractivity contribution in [3.8, 4) is 0 Å². The Bertz CT molecular complexity index is 227. The van der Waals surface area contributed by atoms with Gasteiger partial charge in [0.05, 0.1) is 0 Å². The molecule has 0 aromatic heterocycles. The zero-order valence-corrected chi connectivity index (χ0v) is 12.0. The molecule has 0 unspecified atom stereocenters. The molecule has 0 aliphatic heterocycles. The summed E-state index contributed by atoms with van der Waals surface area (Å²) in [6.45, 7) is 9.40. The summed E-state index contributed by atoms with van der Waals surface area (Å²) in [6.07, 6.45) is 15.1. The molecular weight excluding hydrogens is 222 g/mol. The number of rotatable bonds is 12. The van der Waals surface area contributed by atoms with Gasteiger partial charge < -0.3 is 0 Å². The lowest BCUT2D eigenvalue weighted by atomic mass is 10.1. The van der Waals surface area contributed by atoms with Gasteiger partial charge in [-0.15, -0.1) is 0 Å². The van der Waals surface area contributed by atoms with Gasteiger partial charge in [0.1, 0.15) is 0 Å². The first-order valence-electron chi connectivity index (χ1n) is 7.32. The largest absolute Gasteiger partial charge is 0.296 e. The van der Waals surface area contributed by atoms with Gasteiger partial charge in [-0.25, -0.2) is 0 Å². The molecule has 0 aliphatic rings. The van der Waals surface area contributed by atoms with E-state index in [4.69, 9.17) is 0 Å². The number of unbranched alkanes of at least 4 members (excludes halogenated alkanes) is 8. The molecule has 0 heterocycles. The predicted octanol–water partition coefficient (Wildman–Crippen LogP) is 5.02. The molecule has 0 aliphatic carbocycles. The SMILES string of the molecule is C=CN(C=C)C(=O)CCCCCCCCCCC. The quantitative estimate of drug-likeness (QED) is 0.446. The average molecular weight is 251 g/mol. The third-order valence-corrected chi connectivity index (χ3v) is 3.18. The van der Waals surface area contributed by atoms with Crippen molar-refractivity contribution in [3.63, 3.8) is 0 Å². The number of amides is 1. The zero-order chi connectivity index (χ0) is 13.6. The average Bonchev–Trinajstić information content (AvgIpc) is 2.38. The molecule has 104 valence electrons. The van der Waals surface area contributed by atoms with Crippen LogP contribution in [0.1, 0.15) is 71.1 Å². The van der Waals surface area contributed by atoms with E-state index >= 15 is 0 Å². The minimum absolute atomic E-state index is 0.0999. The second-order valence-corrected chi connectivity index (χ2v) is 4.74. The van der Waals surface area contributed by atoms with Crippen LogP contribution in [0, 0.1) is 0 Å². The molecule has 1 amide bonds. The smallest absolute Gasteiger partial charge is 0.230 e. The molecule has 0 aromatic rings. The summed E-state index contributed by atoms with van der Waals surface area (Å²) in [6, 6.07) is 0. The van der Waals surface area contributed by atoms with Crippen LogP contribution in [-0.2, 0) is 4.79 Å². The van der Waals surface area contributed by atoms with Crippen LogP contribution in [0.15, 0.2) is 25.6 Å². The summed E-state index contributed by atoms with van der Waals surface area (Å²) in [5.41, 5.74) is 0. The third-order valence-electron chi connectivity index (χ3n) is 3.18. The summed E-state index contributed by atoms with van der Waals surface area (Å²) >= 11 is 0. The van der Waals surface area contributed by atoms with E-state index < -0.39 is 0 Å². The molecule has 0 spiro atoms. The molecule has 2 heteroatoms. The van der Waals surface area contributed by atoms with Crippen LogP contribution in [0.5, 0.6) is 0 Å². The van der Waals surface area contributed by atoms with E-state index in [0.29, 0.717) is 6.42 Å². The molecule has 0 fully saturated rings. The van der Waals surface area contributed by atoms with Gasteiger partial charge in [-0.1, -0.05) is 71.4 Å². The van der Waals surface area contributed by atoms with Crippen LogP contribution < -0.4 is 0 Å². The number of carbonyl (C=O) groups excluding carboxylic acids is 1. The minimum atomic E-state index is 0.0999. The molecule has 0 rings (SSSR count). The first-order chi connectivity index (χ1) is 8.76. The van der Waals surface area contributed by atoms with Crippen LogP contribution >= 0.6 is 0 Å². The van der Waals surface area contributed by atoms with Gasteiger partial charge in [-0.2, -0.15) is 0 Å². The standard InChI is InChI=1S/C16H29NO/c1-4-7-8-9-10-11-12-13-14-15-16(18)17(5-2)6-3/h5-6H,2-4,7-15H2,1H3. The first kappa shape index (κ1) is 16.9. The van der Waals surface area contributed by atoms with Gasteiger partial charge in [-0.05, 0) is 6.42 Å². The summed E-state index contributed by atoms with van der Waals surface area (Å²) in [5.74, 6) is 0.0999. The molecule has 0 radical (unpaired) electrons. The maximum atomic E-state index is 11.6. The maximum absolute atomic E-state index is 11.6. The molecule has 0 atom stereocenters. The summed E-state index contributed by atoms with van der Waals surface area (Å²) in [7, 11) is 0. The first-order valence-corrected chi connectivity index (χ1v) is 7.32. The molecule has 0 N–H and O–H groups in total. The van der Waals surface area contributed by atoms with Gasteiger partial charge in [0.2, 0.25) is 5.91 Å². The van der Waals surface area contributed by atoms with E-state index in [-0.39, 0.29) is 5.91 Å². The summed E-state index contributed by atoms with van der Waals surface area (Å²) in [4.78, 5) is 13.1. The number of carbonyl (C=O) groups is 1. The Balaban J connectivity index is 3.32. The number of hydrogen-bond donors (Lipinski definition) is 0. The Morgan fingerprint density at radius 2 is 1.33 bits per heavy atom. The fourth-order valence-corrected chi connectivity index (χ4v) is 1.99. The van der Waals surface area contributed by atoms with Crippen LogP contribution in [0.3, 0.4) is 0 Å². The van der Waals surface area contributed by atoms with Crippen LogP contribution in [0.2, 0.25) is 0 Å². The second kappa shape index (κ2) is 12.4. The Kier molecular flexibility index (Phi) is 11.7. The lowest BCUT2D eigenvalue weighted by Crippen LogP contribution is -2.18. The van der Waals surface area contributed by atoms with Gasteiger partial charge in [-0.3, -0.25) is 9.69 Å². The van der Waals surface area contributed by atoms with E-state index in [1.807, 2.05) is 0 Å². The van der Waals surface area contributed by atoms with Crippen LogP contribution in [0.25, 0.3) is 0 Å². The Morgan fingerprint density at radius 3 is 1.78 bits per heavy atom. The fraction of sp³-hybridized carbons (Fsp3) is 0.688. The van der Waals surface area contributed by atoms with Crippen molar-refractivity contribution in [3.05, 3.63) is 25.6 Å². The highest BCUT2D eigenvalue weighted by Gasteiger charge is 2.05. The molecular formula is C16H29NO. The molecule has 2 nitrogen and oxygen atoms in total. The Labute approximate surface area is 113 Å². The molecule has 0 saturated heterocycles. The highest BCUT2D eigenvalue weighted by molar-refractivity contribution is 5.78. The van der Waals surface area contributed by atoms with Crippen molar-refractivity contribution in [1.29, 1.82) is 0 Å². The van der Waals surface area contributed by atoms with E-state index in [9.17, 15) is 4.79 Å². The van der Waals surface area contributed by atoms with Crippen LogP contribution in [0.4, 0.5) is 0 Å². The monoisotopic (exact) mass is 251 g/mol. The van der Waals surface area contributed by atoms with Gasteiger partial charge in [0, 0.05) is 18.8 Å². The fourth-order valence-electron chi connectivity index (χ4n) is 1.99. The Hall–Kier alpha value is -1.05. The lowest BCUT2D eigenvalue weighted by Gasteiger charge is -2.11. The Morgan fingerprint density at radius 1 is 0.889 bits per heavy atom. The minimum Gasteiger partial charge on any atom is -0.296 e. The van der Waals surface area contributed by atoms with Crippen molar-refractivity contribution in [1.82, 2.24) is 4.90 Å². The van der Waals surface area contributed by atoms with E-state index in [2.05, 4.69) is 20.1 Å². The second-order valence-electron chi connectivity index (χ2n) is 4.74. The summed E-state index contributed by atoms with van der Waals surface area (Å²) in [5, 5.41) is 0.